The Bertz CT molecular complexity index is 606. The second-order valence-corrected chi connectivity index (χ2v) is 5.59. The second kappa shape index (κ2) is 6.48. The molecule has 0 atom stereocenters. The van der Waals surface area contributed by atoms with Gasteiger partial charge in [0.25, 0.3) is 0 Å². The highest BCUT2D eigenvalue weighted by molar-refractivity contribution is 7.99. The monoisotopic (exact) mass is 288 g/mol. The normalized spacial score (nSPS) is 10.4. The van der Waals surface area contributed by atoms with Crippen molar-refractivity contribution in [3.63, 3.8) is 0 Å². The van der Waals surface area contributed by atoms with Crippen LogP contribution in [-0.2, 0) is 17.6 Å². The number of hydrogen-bond acceptors (Lipinski definition) is 3. The first-order valence-electron chi connectivity index (χ1n) is 6.39. The third kappa shape index (κ3) is 3.78. The minimum Gasteiger partial charge on any atom is -0.507 e. The molecule has 2 N–H and O–H groups in total. The lowest BCUT2D eigenvalue weighted by atomic mass is 10.2. The van der Waals surface area contributed by atoms with Crippen LogP contribution in [0.1, 0.15) is 18.1 Å². The number of benzene rings is 2. The van der Waals surface area contributed by atoms with E-state index in [1.807, 2.05) is 31.2 Å². The van der Waals surface area contributed by atoms with Crippen LogP contribution in [0.25, 0.3) is 0 Å². The van der Waals surface area contributed by atoms with Crippen molar-refractivity contribution in [3.8, 4) is 5.75 Å². The van der Waals surface area contributed by atoms with Crippen molar-refractivity contribution in [2.45, 2.75) is 29.6 Å². The summed E-state index contributed by atoms with van der Waals surface area (Å²) in [6.45, 7) is 2.04. The van der Waals surface area contributed by atoms with Crippen molar-refractivity contribution < 1.29 is 15.0 Å². The molecule has 2 aromatic carbocycles. The zero-order chi connectivity index (χ0) is 14.5. The third-order valence-electron chi connectivity index (χ3n) is 2.94. The Morgan fingerprint density at radius 2 is 1.75 bits per heavy atom. The molecule has 104 valence electrons. The number of phenols is 1. The Balaban J connectivity index is 2.12. The van der Waals surface area contributed by atoms with Crippen LogP contribution in [0.5, 0.6) is 5.75 Å². The smallest absolute Gasteiger partial charge is 0.307 e. The molecule has 3 nitrogen and oxygen atoms in total. The zero-order valence-corrected chi connectivity index (χ0v) is 12.0. The first kappa shape index (κ1) is 14.5. The number of carbonyl (C=O) groups is 1. The number of aryl methyl sites for hydroxylation is 1. The fourth-order valence-electron chi connectivity index (χ4n) is 1.85. The van der Waals surface area contributed by atoms with Crippen LogP contribution >= 0.6 is 11.8 Å². The summed E-state index contributed by atoms with van der Waals surface area (Å²) in [5, 5.41) is 18.7. The van der Waals surface area contributed by atoms with Gasteiger partial charge in [0.1, 0.15) is 5.75 Å². The Hall–Kier alpha value is -1.94. The maximum Gasteiger partial charge on any atom is 0.307 e. The largest absolute Gasteiger partial charge is 0.507 e. The molecule has 0 radical (unpaired) electrons. The van der Waals surface area contributed by atoms with Gasteiger partial charge in [0.15, 0.2) is 0 Å². The average Bonchev–Trinajstić information content (AvgIpc) is 2.42. The van der Waals surface area contributed by atoms with Crippen LogP contribution in [0.15, 0.2) is 52.3 Å². The summed E-state index contributed by atoms with van der Waals surface area (Å²) in [4.78, 5) is 12.4. The minimum atomic E-state index is -0.835. The van der Waals surface area contributed by atoms with Crippen LogP contribution < -0.4 is 0 Å². The Morgan fingerprint density at radius 1 is 1.10 bits per heavy atom. The molecule has 0 aliphatic carbocycles. The molecule has 0 spiro atoms. The molecule has 0 saturated carbocycles. The summed E-state index contributed by atoms with van der Waals surface area (Å²) in [6, 6.07) is 13.0. The fourth-order valence-corrected chi connectivity index (χ4v) is 2.67. The van der Waals surface area contributed by atoms with Gasteiger partial charge in [-0.05, 0) is 41.8 Å². The van der Waals surface area contributed by atoms with Gasteiger partial charge in [0.05, 0.1) is 11.3 Å². The fraction of sp³-hybridized carbons (Fsp3) is 0.188. The molecule has 0 aliphatic rings. The van der Waals surface area contributed by atoms with Crippen LogP contribution in [0.4, 0.5) is 0 Å². The van der Waals surface area contributed by atoms with Gasteiger partial charge in [-0.25, -0.2) is 0 Å². The molecule has 20 heavy (non-hydrogen) atoms. The van der Waals surface area contributed by atoms with Crippen LogP contribution in [0.3, 0.4) is 0 Å². The molecule has 0 saturated heterocycles. The number of carboxylic acid groups (broad SMARTS) is 1. The van der Waals surface area contributed by atoms with E-state index in [9.17, 15) is 9.90 Å². The molecule has 0 aromatic heterocycles. The van der Waals surface area contributed by atoms with Crippen molar-refractivity contribution in [1.29, 1.82) is 0 Å². The summed E-state index contributed by atoms with van der Waals surface area (Å²) in [5.74, 6) is -0.554. The lowest BCUT2D eigenvalue weighted by Gasteiger charge is -2.07. The van der Waals surface area contributed by atoms with Gasteiger partial charge in [-0.15, -0.1) is 0 Å². The highest BCUT2D eigenvalue weighted by Gasteiger charge is 2.05. The highest BCUT2D eigenvalue weighted by Crippen LogP contribution is 2.35. The molecule has 0 aliphatic heterocycles. The van der Waals surface area contributed by atoms with E-state index in [-0.39, 0.29) is 12.2 Å². The van der Waals surface area contributed by atoms with Crippen molar-refractivity contribution >= 4 is 17.7 Å². The van der Waals surface area contributed by atoms with Gasteiger partial charge in [-0.1, -0.05) is 36.9 Å². The van der Waals surface area contributed by atoms with Gasteiger partial charge in [-0.3, -0.25) is 4.79 Å². The van der Waals surface area contributed by atoms with E-state index >= 15 is 0 Å². The molecule has 0 unspecified atom stereocenters. The number of hydrogen-bond donors (Lipinski definition) is 2. The van der Waals surface area contributed by atoms with Crippen molar-refractivity contribution in [3.05, 3.63) is 53.6 Å². The maximum atomic E-state index is 10.6. The summed E-state index contributed by atoms with van der Waals surface area (Å²) in [5.41, 5.74) is 1.87. The SMILES string of the molecule is CCc1ccc(Sc2ccc(CC(=O)O)cc2)c(O)c1. The average molecular weight is 288 g/mol. The first-order valence-corrected chi connectivity index (χ1v) is 7.20. The topological polar surface area (TPSA) is 57.5 Å². The van der Waals surface area contributed by atoms with Crippen LogP contribution in [0.2, 0.25) is 0 Å². The van der Waals surface area contributed by atoms with Gasteiger partial charge in [-0.2, -0.15) is 0 Å². The first-order chi connectivity index (χ1) is 9.58. The van der Waals surface area contributed by atoms with E-state index in [4.69, 9.17) is 5.11 Å². The predicted octanol–water partition coefficient (Wildman–Crippen LogP) is 3.73. The summed E-state index contributed by atoms with van der Waals surface area (Å²) < 4.78 is 0. The summed E-state index contributed by atoms with van der Waals surface area (Å²) >= 11 is 1.46. The number of aromatic hydroxyl groups is 1. The molecule has 4 heteroatoms. The van der Waals surface area contributed by atoms with E-state index < -0.39 is 5.97 Å². The minimum absolute atomic E-state index is 0.0292. The van der Waals surface area contributed by atoms with Crippen LogP contribution in [0, 0.1) is 0 Å². The van der Waals surface area contributed by atoms with E-state index in [2.05, 4.69) is 0 Å². The molecule has 0 bridgehead atoms. The standard InChI is InChI=1S/C16H16O3S/c1-2-11-5-8-15(14(17)9-11)20-13-6-3-12(4-7-13)10-16(18)19/h3-9,17H,2,10H2,1H3,(H,18,19). The molecular formula is C16H16O3S. The van der Waals surface area contributed by atoms with Crippen molar-refractivity contribution in [1.82, 2.24) is 0 Å². The van der Waals surface area contributed by atoms with Gasteiger partial charge >= 0.3 is 5.97 Å². The highest BCUT2D eigenvalue weighted by atomic mass is 32.2. The molecule has 0 amide bonds. The van der Waals surface area contributed by atoms with E-state index in [0.29, 0.717) is 0 Å². The lowest BCUT2D eigenvalue weighted by molar-refractivity contribution is -0.136. The predicted molar refractivity (Wildman–Crippen MR) is 79.4 cm³/mol. The van der Waals surface area contributed by atoms with E-state index in [0.717, 1.165) is 27.3 Å². The number of carboxylic acids is 1. The zero-order valence-electron chi connectivity index (χ0n) is 11.2. The third-order valence-corrected chi connectivity index (χ3v) is 4.01. The van der Waals surface area contributed by atoms with Gasteiger partial charge in [0.2, 0.25) is 0 Å². The molecule has 0 heterocycles. The van der Waals surface area contributed by atoms with E-state index in [1.54, 1.807) is 18.2 Å². The Kier molecular flexibility index (Phi) is 4.69. The lowest BCUT2D eigenvalue weighted by Crippen LogP contribution is -1.99. The van der Waals surface area contributed by atoms with Crippen molar-refractivity contribution in [2.75, 3.05) is 0 Å². The molecular weight excluding hydrogens is 272 g/mol. The van der Waals surface area contributed by atoms with Gasteiger partial charge < -0.3 is 10.2 Å². The second-order valence-electron chi connectivity index (χ2n) is 4.47. The molecule has 0 fully saturated rings. The number of aliphatic carboxylic acids is 1. The summed E-state index contributed by atoms with van der Waals surface area (Å²) in [6.07, 6.45) is 0.920. The van der Waals surface area contributed by atoms with E-state index in [1.165, 1.54) is 11.8 Å². The van der Waals surface area contributed by atoms with Gasteiger partial charge in [0, 0.05) is 4.90 Å². The number of rotatable bonds is 5. The Morgan fingerprint density at radius 3 is 2.30 bits per heavy atom. The molecule has 2 rings (SSSR count). The maximum absolute atomic E-state index is 10.6. The number of phenolic OH excluding ortho intramolecular Hbond substituents is 1. The quantitative estimate of drug-likeness (QED) is 0.880. The van der Waals surface area contributed by atoms with Crippen molar-refractivity contribution in [2.24, 2.45) is 0 Å². The summed E-state index contributed by atoms with van der Waals surface area (Å²) in [7, 11) is 0. The molecule has 2 aromatic rings. The Labute approximate surface area is 122 Å². The van der Waals surface area contributed by atoms with Crippen LogP contribution in [-0.4, -0.2) is 16.2 Å².